The van der Waals surface area contributed by atoms with Crippen molar-refractivity contribution in [3.05, 3.63) is 62.6 Å². The Morgan fingerprint density at radius 3 is 2.09 bits per heavy atom. The molecule has 0 bridgehead atoms. The molecule has 0 unspecified atom stereocenters. The summed E-state index contributed by atoms with van der Waals surface area (Å²) < 4.78 is 0. The summed E-state index contributed by atoms with van der Waals surface area (Å²) in [4.78, 5) is 33.7. The minimum atomic E-state index is -0.975. The van der Waals surface area contributed by atoms with E-state index >= 15 is 0 Å². The third-order valence-electron chi connectivity index (χ3n) is 2.70. The highest BCUT2D eigenvalue weighted by molar-refractivity contribution is 6.44. The number of hydrogen-bond donors (Lipinski definition) is 2. The Morgan fingerprint density at radius 2 is 1.52 bits per heavy atom. The van der Waals surface area contributed by atoms with Crippen LogP contribution < -0.4 is 10.6 Å². The van der Waals surface area contributed by atoms with Crippen molar-refractivity contribution in [3.8, 4) is 0 Å². The molecule has 2 amide bonds. The highest BCUT2D eigenvalue weighted by Gasteiger charge is 2.16. The summed E-state index contributed by atoms with van der Waals surface area (Å²) in [5, 5.41) is 15.8. The number of rotatable bonds is 3. The van der Waals surface area contributed by atoms with Gasteiger partial charge in [0.2, 0.25) is 0 Å². The molecule has 0 saturated heterocycles. The van der Waals surface area contributed by atoms with E-state index in [0.717, 1.165) is 6.07 Å². The number of benzene rings is 2. The molecule has 0 radical (unpaired) electrons. The van der Waals surface area contributed by atoms with Crippen molar-refractivity contribution in [2.24, 2.45) is 0 Å². The molecule has 0 spiro atoms. The van der Waals surface area contributed by atoms with Gasteiger partial charge in [-0.3, -0.25) is 19.7 Å². The number of carbonyl (C=O) groups excluding carboxylic acids is 2. The van der Waals surface area contributed by atoms with Gasteiger partial charge < -0.3 is 10.6 Å². The van der Waals surface area contributed by atoms with Crippen molar-refractivity contribution in [2.45, 2.75) is 0 Å². The number of hydrogen-bond acceptors (Lipinski definition) is 4. The van der Waals surface area contributed by atoms with Crippen LogP contribution in [0, 0.1) is 10.1 Å². The molecule has 2 aromatic carbocycles. The van der Waals surface area contributed by atoms with E-state index in [9.17, 15) is 19.7 Å². The molecule has 0 saturated carbocycles. The molecule has 0 aliphatic rings. The first-order valence-corrected chi connectivity index (χ1v) is 6.94. The van der Waals surface area contributed by atoms with Crippen LogP contribution in [0.25, 0.3) is 0 Å². The highest BCUT2D eigenvalue weighted by Crippen LogP contribution is 2.25. The van der Waals surface area contributed by atoms with Gasteiger partial charge in [0.25, 0.3) is 5.69 Å². The number of carbonyl (C=O) groups is 2. The summed E-state index contributed by atoms with van der Waals surface area (Å²) in [5.74, 6) is -1.92. The second kappa shape index (κ2) is 7.08. The normalized spacial score (nSPS) is 10.0. The fraction of sp³-hybridized carbons (Fsp3) is 0. The summed E-state index contributed by atoms with van der Waals surface area (Å²) in [6.07, 6.45) is 0. The first-order chi connectivity index (χ1) is 10.9. The molecule has 7 nitrogen and oxygen atoms in total. The Balaban J connectivity index is 2.05. The molecule has 0 aromatic heterocycles. The number of amides is 2. The van der Waals surface area contributed by atoms with Gasteiger partial charge in [-0.15, -0.1) is 0 Å². The van der Waals surface area contributed by atoms with E-state index in [1.807, 2.05) is 0 Å². The molecule has 2 N–H and O–H groups in total. The van der Waals surface area contributed by atoms with E-state index < -0.39 is 16.7 Å². The first kappa shape index (κ1) is 16.7. The summed E-state index contributed by atoms with van der Waals surface area (Å²) in [6, 6.07) is 9.57. The molecule has 0 aliphatic carbocycles. The molecule has 118 valence electrons. The number of anilines is 2. The molecule has 2 aromatic rings. The summed E-state index contributed by atoms with van der Waals surface area (Å²) >= 11 is 11.6. The summed E-state index contributed by atoms with van der Waals surface area (Å²) in [6.45, 7) is 0. The first-order valence-electron chi connectivity index (χ1n) is 6.18. The minimum absolute atomic E-state index is 0.133. The lowest BCUT2D eigenvalue weighted by atomic mass is 10.2. The molecule has 0 fully saturated rings. The van der Waals surface area contributed by atoms with Gasteiger partial charge in [-0.1, -0.05) is 29.3 Å². The number of halogens is 2. The van der Waals surface area contributed by atoms with E-state index in [1.54, 1.807) is 0 Å². The largest absolute Gasteiger partial charge is 0.318 e. The maximum absolute atomic E-state index is 11.8. The minimum Gasteiger partial charge on any atom is -0.318 e. The lowest BCUT2D eigenvalue weighted by molar-refractivity contribution is -0.384. The van der Waals surface area contributed by atoms with E-state index in [0.29, 0.717) is 10.7 Å². The van der Waals surface area contributed by atoms with Crippen molar-refractivity contribution in [1.29, 1.82) is 0 Å². The van der Waals surface area contributed by atoms with Gasteiger partial charge in [0.1, 0.15) is 0 Å². The van der Waals surface area contributed by atoms with Crippen LogP contribution in [-0.4, -0.2) is 16.7 Å². The fourth-order valence-electron chi connectivity index (χ4n) is 1.65. The average molecular weight is 354 g/mol. The van der Waals surface area contributed by atoms with Crippen LogP contribution in [0.5, 0.6) is 0 Å². The maximum atomic E-state index is 11.8. The van der Waals surface area contributed by atoms with Gasteiger partial charge in [-0.2, -0.15) is 0 Å². The molecule has 9 heteroatoms. The van der Waals surface area contributed by atoms with Gasteiger partial charge in [0, 0.05) is 23.5 Å². The lowest BCUT2D eigenvalue weighted by Crippen LogP contribution is -2.29. The predicted molar refractivity (Wildman–Crippen MR) is 86.8 cm³/mol. The molecule has 0 atom stereocenters. The smallest absolute Gasteiger partial charge is 0.314 e. The van der Waals surface area contributed by atoms with Crippen molar-refractivity contribution in [3.63, 3.8) is 0 Å². The van der Waals surface area contributed by atoms with Gasteiger partial charge in [0.05, 0.1) is 15.0 Å². The molecular formula is C14H9Cl2N3O4. The predicted octanol–water partition coefficient (Wildman–Crippen LogP) is 3.48. The molecule has 0 heterocycles. The molecule has 23 heavy (non-hydrogen) atoms. The number of non-ortho nitro benzene ring substituents is 1. The van der Waals surface area contributed by atoms with Crippen molar-refractivity contribution in [2.75, 3.05) is 10.6 Å². The van der Waals surface area contributed by atoms with Crippen molar-refractivity contribution >= 4 is 52.1 Å². The topological polar surface area (TPSA) is 101 Å². The van der Waals surface area contributed by atoms with E-state index in [2.05, 4.69) is 10.6 Å². The van der Waals surface area contributed by atoms with Crippen LogP contribution in [0.1, 0.15) is 0 Å². The van der Waals surface area contributed by atoms with Crippen LogP contribution in [0.4, 0.5) is 17.1 Å². The van der Waals surface area contributed by atoms with Crippen LogP contribution in [-0.2, 0) is 9.59 Å². The second-order valence-electron chi connectivity index (χ2n) is 4.34. The number of nitrogens with zero attached hydrogens (tertiary/aromatic N) is 1. The van der Waals surface area contributed by atoms with Crippen molar-refractivity contribution < 1.29 is 14.5 Å². The Morgan fingerprint density at radius 1 is 0.913 bits per heavy atom. The molecule has 0 aliphatic heterocycles. The van der Waals surface area contributed by atoms with Crippen LogP contribution in [0.3, 0.4) is 0 Å². The zero-order valence-corrected chi connectivity index (χ0v) is 12.9. The van der Waals surface area contributed by atoms with Crippen LogP contribution >= 0.6 is 23.2 Å². The van der Waals surface area contributed by atoms with E-state index in [-0.39, 0.29) is 16.4 Å². The van der Waals surface area contributed by atoms with Crippen LogP contribution in [0.15, 0.2) is 42.5 Å². The highest BCUT2D eigenvalue weighted by atomic mass is 35.5. The van der Waals surface area contributed by atoms with Gasteiger partial charge in [-0.05, 0) is 24.3 Å². The molecule has 2 rings (SSSR count). The third-order valence-corrected chi connectivity index (χ3v) is 3.44. The Hall–Kier alpha value is -2.64. The van der Waals surface area contributed by atoms with E-state index in [1.165, 1.54) is 36.4 Å². The lowest BCUT2D eigenvalue weighted by Gasteiger charge is -2.07. The number of nitrogens with one attached hydrogen (secondary N) is 2. The Labute approximate surface area is 140 Å². The third kappa shape index (κ3) is 4.41. The maximum Gasteiger partial charge on any atom is 0.314 e. The monoisotopic (exact) mass is 353 g/mol. The standard InChI is InChI=1S/C14H9Cl2N3O4/c15-11-5-4-9(7-12(11)16)18-14(21)13(20)17-8-2-1-3-10(6-8)19(22)23/h1-7H,(H,17,20)(H,18,21). The van der Waals surface area contributed by atoms with E-state index in [4.69, 9.17) is 23.2 Å². The quantitative estimate of drug-likeness (QED) is 0.500. The SMILES string of the molecule is O=C(Nc1cccc([N+](=O)[O-])c1)C(=O)Nc1ccc(Cl)c(Cl)c1. The van der Waals surface area contributed by atoms with Crippen LogP contribution in [0.2, 0.25) is 10.0 Å². The summed E-state index contributed by atoms with van der Waals surface area (Å²) in [7, 11) is 0. The number of nitro benzene ring substituents is 1. The van der Waals surface area contributed by atoms with Gasteiger partial charge >= 0.3 is 11.8 Å². The fourth-order valence-corrected chi connectivity index (χ4v) is 1.94. The van der Waals surface area contributed by atoms with Crippen molar-refractivity contribution in [1.82, 2.24) is 0 Å². The Bertz CT molecular complexity index is 795. The average Bonchev–Trinajstić information content (AvgIpc) is 2.51. The molecular weight excluding hydrogens is 345 g/mol. The zero-order valence-electron chi connectivity index (χ0n) is 11.4. The second-order valence-corrected chi connectivity index (χ2v) is 5.16. The Kier molecular flexibility index (Phi) is 5.15. The number of nitro groups is 1. The van der Waals surface area contributed by atoms with Gasteiger partial charge in [-0.25, -0.2) is 0 Å². The summed E-state index contributed by atoms with van der Waals surface area (Å²) in [5.41, 5.74) is 0.222. The zero-order chi connectivity index (χ0) is 17.0. The van der Waals surface area contributed by atoms with Gasteiger partial charge in [0.15, 0.2) is 0 Å².